The first-order chi connectivity index (χ1) is 14.3. The molecule has 4 amide bonds. The van der Waals surface area contributed by atoms with Crippen molar-refractivity contribution in [2.45, 2.75) is 19.9 Å². The van der Waals surface area contributed by atoms with Gasteiger partial charge in [-0.25, -0.2) is 18.0 Å². The zero-order chi connectivity index (χ0) is 22.1. The Hall–Kier alpha value is -3.34. The molecule has 1 heterocycles. The molecular weight excluding hydrogens is 405 g/mol. The first-order valence-corrected chi connectivity index (χ1v) is 9.06. The molecule has 0 saturated heterocycles. The molecule has 2 rings (SSSR count). The summed E-state index contributed by atoms with van der Waals surface area (Å²) in [5.41, 5.74) is -0.517. The fourth-order valence-electron chi connectivity index (χ4n) is 2.54. The molecule has 0 aliphatic carbocycles. The van der Waals surface area contributed by atoms with Gasteiger partial charge in [0, 0.05) is 0 Å². The van der Waals surface area contributed by atoms with Gasteiger partial charge in [-0.15, -0.1) is 0 Å². The van der Waals surface area contributed by atoms with Gasteiger partial charge >= 0.3 is 6.03 Å². The Kier molecular flexibility index (Phi) is 8.41. The number of halogens is 3. The summed E-state index contributed by atoms with van der Waals surface area (Å²) in [5, 5.41) is 6.70. The number of hydrogen-bond donors (Lipinski definition) is 3. The zero-order valence-electron chi connectivity index (χ0n) is 16.1. The first-order valence-electron chi connectivity index (χ1n) is 9.06. The van der Waals surface area contributed by atoms with Crippen LogP contribution in [0.3, 0.4) is 0 Å². The van der Waals surface area contributed by atoms with E-state index in [1.807, 2.05) is 6.92 Å². The summed E-state index contributed by atoms with van der Waals surface area (Å²) in [4.78, 5) is 37.4. The second-order valence-corrected chi connectivity index (χ2v) is 6.29. The number of carbonyl (C=O) groups is 3. The van der Waals surface area contributed by atoms with Crippen LogP contribution in [0.4, 0.5) is 23.7 Å². The monoisotopic (exact) mass is 426 g/mol. The van der Waals surface area contributed by atoms with Crippen LogP contribution in [0.25, 0.3) is 0 Å². The summed E-state index contributed by atoms with van der Waals surface area (Å²) in [6.45, 7) is 1.62. The van der Waals surface area contributed by atoms with E-state index in [0.717, 1.165) is 6.07 Å². The minimum atomic E-state index is -1.70. The lowest BCUT2D eigenvalue weighted by molar-refractivity contribution is -0.122. The van der Waals surface area contributed by atoms with Gasteiger partial charge in [0.1, 0.15) is 5.76 Å². The Morgan fingerprint density at radius 2 is 1.77 bits per heavy atom. The average Bonchev–Trinajstić information content (AvgIpc) is 3.20. The second-order valence-electron chi connectivity index (χ2n) is 6.29. The number of amides is 4. The lowest BCUT2D eigenvalue weighted by atomic mass is 10.2. The Morgan fingerprint density at radius 1 is 1.03 bits per heavy atom. The van der Waals surface area contributed by atoms with Crippen LogP contribution < -0.4 is 16.0 Å². The second kappa shape index (κ2) is 11.0. The SMILES string of the molecule is CCCN(CC(=O)NC(=O)NCc1ccco1)CC(=O)Nc1ccc(F)c(F)c1F. The predicted molar refractivity (Wildman–Crippen MR) is 101 cm³/mol. The van der Waals surface area contributed by atoms with Crippen LogP contribution >= 0.6 is 0 Å². The summed E-state index contributed by atoms with van der Waals surface area (Å²) in [5.74, 6) is -5.48. The number of urea groups is 1. The quantitative estimate of drug-likeness (QED) is 0.534. The van der Waals surface area contributed by atoms with E-state index < -0.39 is 41.0 Å². The summed E-state index contributed by atoms with van der Waals surface area (Å²) < 4.78 is 45.0. The molecule has 2 aromatic rings. The number of rotatable bonds is 9. The summed E-state index contributed by atoms with van der Waals surface area (Å²) in [6, 6.07) is 4.15. The fraction of sp³-hybridized carbons (Fsp3) is 0.316. The standard InChI is InChI=1S/C19H21F3N4O4/c1-2-7-26(10-15(27)24-14-6-5-13(20)17(21)18(14)22)11-16(28)25-19(29)23-9-12-4-3-8-30-12/h3-6,8H,2,7,9-11H2,1H3,(H,24,27)(H2,23,25,28,29). The third kappa shape index (κ3) is 6.92. The van der Waals surface area contributed by atoms with Crippen molar-refractivity contribution >= 4 is 23.5 Å². The molecule has 0 aliphatic heterocycles. The summed E-state index contributed by atoms with van der Waals surface area (Å²) in [7, 11) is 0. The molecule has 8 nitrogen and oxygen atoms in total. The predicted octanol–water partition coefficient (Wildman–Crippen LogP) is 2.37. The maximum absolute atomic E-state index is 13.7. The highest BCUT2D eigenvalue weighted by molar-refractivity contribution is 5.96. The van der Waals surface area contributed by atoms with Crippen molar-refractivity contribution in [2.75, 3.05) is 25.0 Å². The van der Waals surface area contributed by atoms with Crippen LogP contribution in [-0.2, 0) is 16.1 Å². The zero-order valence-corrected chi connectivity index (χ0v) is 16.1. The van der Waals surface area contributed by atoms with Gasteiger partial charge < -0.3 is 15.1 Å². The molecule has 3 N–H and O–H groups in total. The van der Waals surface area contributed by atoms with Crippen molar-refractivity contribution in [3.63, 3.8) is 0 Å². The normalized spacial score (nSPS) is 10.7. The van der Waals surface area contributed by atoms with E-state index in [2.05, 4.69) is 16.0 Å². The molecule has 1 aromatic heterocycles. The highest BCUT2D eigenvalue weighted by atomic mass is 19.2. The van der Waals surface area contributed by atoms with Gasteiger partial charge in [0.05, 0.1) is 31.6 Å². The summed E-state index contributed by atoms with van der Waals surface area (Å²) in [6.07, 6.45) is 2.03. The Balaban J connectivity index is 1.85. The van der Waals surface area contributed by atoms with E-state index in [4.69, 9.17) is 4.42 Å². The van der Waals surface area contributed by atoms with E-state index in [-0.39, 0.29) is 19.6 Å². The fourth-order valence-corrected chi connectivity index (χ4v) is 2.54. The number of anilines is 1. The first kappa shape index (κ1) is 22.9. The summed E-state index contributed by atoms with van der Waals surface area (Å²) >= 11 is 0. The lowest BCUT2D eigenvalue weighted by Crippen LogP contribution is -2.46. The third-order valence-corrected chi connectivity index (χ3v) is 3.84. The van der Waals surface area contributed by atoms with E-state index in [0.29, 0.717) is 24.8 Å². The van der Waals surface area contributed by atoms with Crippen molar-refractivity contribution in [1.29, 1.82) is 0 Å². The third-order valence-electron chi connectivity index (χ3n) is 3.84. The van der Waals surface area contributed by atoms with Crippen LogP contribution in [0.2, 0.25) is 0 Å². The molecule has 1 aromatic carbocycles. The number of nitrogens with one attached hydrogen (secondary N) is 3. The maximum atomic E-state index is 13.7. The minimum Gasteiger partial charge on any atom is -0.467 e. The smallest absolute Gasteiger partial charge is 0.321 e. The Bertz CT molecular complexity index is 890. The molecule has 0 unspecified atom stereocenters. The van der Waals surface area contributed by atoms with Gasteiger partial charge in [-0.05, 0) is 37.2 Å². The van der Waals surface area contributed by atoms with Gasteiger partial charge in [0.25, 0.3) is 0 Å². The molecule has 0 atom stereocenters. The number of furan rings is 1. The average molecular weight is 426 g/mol. The molecule has 162 valence electrons. The molecule has 0 saturated carbocycles. The number of nitrogens with zero attached hydrogens (tertiary/aromatic N) is 1. The Labute approximate surface area is 170 Å². The van der Waals surface area contributed by atoms with E-state index in [9.17, 15) is 27.6 Å². The molecule has 30 heavy (non-hydrogen) atoms. The van der Waals surface area contributed by atoms with Crippen LogP contribution in [0.1, 0.15) is 19.1 Å². The lowest BCUT2D eigenvalue weighted by Gasteiger charge is -2.20. The van der Waals surface area contributed by atoms with Crippen molar-refractivity contribution in [1.82, 2.24) is 15.5 Å². The molecule has 0 bridgehead atoms. The Morgan fingerprint density at radius 3 is 2.43 bits per heavy atom. The van der Waals surface area contributed by atoms with Crippen molar-refractivity contribution in [2.24, 2.45) is 0 Å². The van der Waals surface area contributed by atoms with Gasteiger partial charge in [-0.3, -0.25) is 19.8 Å². The van der Waals surface area contributed by atoms with E-state index in [1.54, 1.807) is 12.1 Å². The van der Waals surface area contributed by atoms with Crippen molar-refractivity contribution in [3.05, 3.63) is 53.7 Å². The number of benzene rings is 1. The molecule has 0 fully saturated rings. The molecule has 0 radical (unpaired) electrons. The van der Waals surface area contributed by atoms with Gasteiger partial charge in [-0.2, -0.15) is 0 Å². The largest absolute Gasteiger partial charge is 0.467 e. The maximum Gasteiger partial charge on any atom is 0.321 e. The highest BCUT2D eigenvalue weighted by Gasteiger charge is 2.19. The number of hydrogen-bond acceptors (Lipinski definition) is 5. The molecular formula is C19H21F3N4O4. The van der Waals surface area contributed by atoms with Crippen LogP contribution in [0.5, 0.6) is 0 Å². The van der Waals surface area contributed by atoms with E-state index >= 15 is 0 Å². The molecule has 0 aliphatic rings. The van der Waals surface area contributed by atoms with Crippen molar-refractivity contribution in [3.8, 4) is 0 Å². The minimum absolute atomic E-state index is 0.0903. The highest BCUT2D eigenvalue weighted by Crippen LogP contribution is 2.19. The van der Waals surface area contributed by atoms with Crippen LogP contribution in [0.15, 0.2) is 34.9 Å². The van der Waals surface area contributed by atoms with Crippen LogP contribution in [0, 0.1) is 17.5 Å². The number of imide groups is 1. The topological polar surface area (TPSA) is 104 Å². The van der Waals surface area contributed by atoms with Gasteiger partial charge in [-0.1, -0.05) is 6.92 Å². The van der Waals surface area contributed by atoms with Crippen LogP contribution in [-0.4, -0.2) is 42.4 Å². The number of carbonyl (C=O) groups excluding carboxylic acids is 3. The van der Waals surface area contributed by atoms with Gasteiger partial charge in [0.15, 0.2) is 17.5 Å². The van der Waals surface area contributed by atoms with Crippen molar-refractivity contribution < 1.29 is 32.0 Å². The molecule has 0 spiro atoms. The van der Waals surface area contributed by atoms with Gasteiger partial charge in [0.2, 0.25) is 11.8 Å². The molecule has 11 heteroatoms. The van der Waals surface area contributed by atoms with E-state index in [1.165, 1.54) is 11.2 Å².